The normalized spacial score (nSPS) is 15.9. The van der Waals surface area contributed by atoms with E-state index in [1.54, 1.807) is 24.3 Å². The SMILES string of the molecule is CC(C)c1ccc(N2C(=O)NC(=O)/C(=C\c3cccc([N+](=O)[O-])c3)C2=O)cc1. The molecule has 2 aromatic rings. The molecule has 1 heterocycles. The number of carbonyl (C=O) groups is 3. The molecule has 0 bridgehead atoms. The zero-order chi connectivity index (χ0) is 20.4. The molecule has 4 amide bonds. The van der Waals surface area contributed by atoms with Crippen molar-refractivity contribution in [2.45, 2.75) is 19.8 Å². The molecule has 28 heavy (non-hydrogen) atoms. The summed E-state index contributed by atoms with van der Waals surface area (Å²) >= 11 is 0. The summed E-state index contributed by atoms with van der Waals surface area (Å²) in [4.78, 5) is 48.5. The Kier molecular flexibility index (Phi) is 5.04. The van der Waals surface area contributed by atoms with Gasteiger partial charge < -0.3 is 0 Å². The van der Waals surface area contributed by atoms with E-state index in [1.165, 1.54) is 30.3 Å². The molecule has 1 aliphatic rings. The second-order valence-electron chi connectivity index (χ2n) is 6.56. The summed E-state index contributed by atoms with van der Waals surface area (Å²) in [5.74, 6) is -1.36. The summed E-state index contributed by atoms with van der Waals surface area (Å²) in [6, 6.07) is 11.6. The molecule has 8 heteroatoms. The van der Waals surface area contributed by atoms with Gasteiger partial charge in [0.05, 0.1) is 10.6 Å². The maximum absolute atomic E-state index is 12.8. The molecule has 3 rings (SSSR count). The molecule has 1 saturated heterocycles. The zero-order valence-corrected chi connectivity index (χ0v) is 15.2. The first-order valence-electron chi connectivity index (χ1n) is 8.54. The van der Waals surface area contributed by atoms with E-state index in [-0.39, 0.29) is 17.2 Å². The van der Waals surface area contributed by atoms with Gasteiger partial charge in [-0.15, -0.1) is 0 Å². The number of nitro benzene ring substituents is 1. The Bertz CT molecular complexity index is 1010. The minimum Gasteiger partial charge on any atom is -0.273 e. The molecular formula is C20H17N3O5. The molecule has 0 spiro atoms. The van der Waals surface area contributed by atoms with Gasteiger partial charge in [-0.1, -0.05) is 38.1 Å². The molecule has 2 aromatic carbocycles. The summed E-state index contributed by atoms with van der Waals surface area (Å²) < 4.78 is 0. The predicted molar refractivity (Wildman–Crippen MR) is 103 cm³/mol. The van der Waals surface area contributed by atoms with Crippen molar-refractivity contribution in [3.63, 3.8) is 0 Å². The van der Waals surface area contributed by atoms with Crippen molar-refractivity contribution in [3.05, 3.63) is 75.3 Å². The number of anilines is 1. The lowest BCUT2D eigenvalue weighted by atomic mass is 10.0. The van der Waals surface area contributed by atoms with E-state index in [4.69, 9.17) is 0 Å². The fraction of sp³-hybridized carbons (Fsp3) is 0.150. The lowest BCUT2D eigenvalue weighted by Crippen LogP contribution is -2.54. The molecule has 1 N–H and O–H groups in total. The van der Waals surface area contributed by atoms with Crippen LogP contribution >= 0.6 is 0 Å². The van der Waals surface area contributed by atoms with Gasteiger partial charge in [-0.2, -0.15) is 0 Å². The van der Waals surface area contributed by atoms with E-state index in [9.17, 15) is 24.5 Å². The highest BCUT2D eigenvalue weighted by atomic mass is 16.6. The van der Waals surface area contributed by atoms with Crippen molar-refractivity contribution >= 4 is 35.3 Å². The maximum atomic E-state index is 12.8. The van der Waals surface area contributed by atoms with Crippen LogP contribution in [0.3, 0.4) is 0 Å². The third kappa shape index (κ3) is 3.66. The number of non-ortho nitro benzene ring substituents is 1. The van der Waals surface area contributed by atoms with Crippen LogP contribution in [-0.4, -0.2) is 22.8 Å². The van der Waals surface area contributed by atoms with Crippen LogP contribution in [0.2, 0.25) is 0 Å². The summed E-state index contributed by atoms with van der Waals surface area (Å²) in [6.45, 7) is 4.04. The first-order chi connectivity index (χ1) is 13.3. The molecule has 0 aromatic heterocycles. The van der Waals surface area contributed by atoms with Crippen LogP contribution in [0.5, 0.6) is 0 Å². The van der Waals surface area contributed by atoms with Crippen molar-refractivity contribution in [3.8, 4) is 0 Å². The van der Waals surface area contributed by atoms with Gasteiger partial charge in [-0.3, -0.25) is 25.0 Å². The van der Waals surface area contributed by atoms with Gasteiger partial charge in [-0.25, -0.2) is 9.69 Å². The van der Waals surface area contributed by atoms with Crippen LogP contribution in [0.4, 0.5) is 16.2 Å². The third-order valence-corrected chi connectivity index (χ3v) is 4.31. The van der Waals surface area contributed by atoms with E-state index in [0.29, 0.717) is 11.3 Å². The van der Waals surface area contributed by atoms with Crippen molar-refractivity contribution in [1.82, 2.24) is 5.32 Å². The number of amides is 4. The molecule has 8 nitrogen and oxygen atoms in total. The Morgan fingerprint density at radius 2 is 1.75 bits per heavy atom. The van der Waals surface area contributed by atoms with Gasteiger partial charge >= 0.3 is 6.03 Å². The van der Waals surface area contributed by atoms with Gasteiger partial charge in [-0.05, 0) is 35.3 Å². The molecule has 1 fully saturated rings. The number of barbiturate groups is 1. The van der Waals surface area contributed by atoms with Crippen LogP contribution in [0.1, 0.15) is 30.9 Å². The van der Waals surface area contributed by atoms with E-state index in [1.807, 2.05) is 13.8 Å². The number of urea groups is 1. The Hall–Kier alpha value is -3.81. The summed E-state index contributed by atoms with van der Waals surface area (Å²) in [6.07, 6.45) is 1.23. The van der Waals surface area contributed by atoms with Crippen LogP contribution < -0.4 is 10.2 Å². The Morgan fingerprint density at radius 3 is 2.36 bits per heavy atom. The van der Waals surface area contributed by atoms with Crippen molar-refractivity contribution in [2.24, 2.45) is 0 Å². The number of nitrogens with zero attached hydrogens (tertiary/aromatic N) is 2. The summed E-state index contributed by atoms with van der Waals surface area (Å²) in [5.41, 5.74) is 1.21. The van der Waals surface area contributed by atoms with Crippen molar-refractivity contribution in [2.75, 3.05) is 4.90 Å². The van der Waals surface area contributed by atoms with Gasteiger partial charge in [0.2, 0.25) is 0 Å². The van der Waals surface area contributed by atoms with E-state index in [2.05, 4.69) is 5.32 Å². The average molecular weight is 379 g/mol. The molecule has 0 atom stereocenters. The predicted octanol–water partition coefficient (Wildman–Crippen LogP) is 3.38. The highest BCUT2D eigenvalue weighted by molar-refractivity contribution is 6.39. The maximum Gasteiger partial charge on any atom is 0.335 e. The summed E-state index contributed by atoms with van der Waals surface area (Å²) in [5, 5.41) is 13.0. The topological polar surface area (TPSA) is 110 Å². The number of hydrogen-bond acceptors (Lipinski definition) is 5. The molecule has 0 radical (unpaired) electrons. The fourth-order valence-corrected chi connectivity index (χ4v) is 2.80. The minimum atomic E-state index is -0.850. The van der Waals surface area contributed by atoms with Crippen molar-refractivity contribution < 1.29 is 19.3 Å². The Balaban J connectivity index is 1.98. The number of carbonyl (C=O) groups excluding carboxylic acids is 3. The number of nitrogens with one attached hydrogen (secondary N) is 1. The molecule has 0 unspecified atom stereocenters. The summed E-state index contributed by atoms with van der Waals surface area (Å²) in [7, 11) is 0. The van der Waals surface area contributed by atoms with Crippen LogP contribution in [-0.2, 0) is 9.59 Å². The van der Waals surface area contributed by atoms with Gasteiger partial charge in [0, 0.05) is 12.1 Å². The first-order valence-corrected chi connectivity index (χ1v) is 8.54. The highest BCUT2D eigenvalue weighted by Crippen LogP contribution is 2.25. The zero-order valence-electron chi connectivity index (χ0n) is 15.2. The number of benzene rings is 2. The average Bonchev–Trinajstić information content (AvgIpc) is 2.65. The quantitative estimate of drug-likeness (QED) is 0.379. The van der Waals surface area contributed by atoms with Gasteiger partial charge in [0.1, 0.15) is 5.57 Å². The van der Waals surface area contributed by atoms with E-state index in [0.717, 1.165) is 10.5 Å². The van der Waals surface area contributed by atoms with Crippen molar-refractivity contribution in [1.29, 1.82) is 0 Å². The minimum absolute atomic E-state index is 0.171. The van der Waals surface area contributed by atoms with Gasteiger partial charge in [0.15, 0.2) is 0 Å². The number of nitro groups is 1. The largest absolute Gasteiger partial charge is 0.335 e. The lowest BCUT2D eigenvalue weighted by Gasteiger charge is -2.26. The second kappa shape index (κ2) is 7.43. The molecule has 142 valence electrons. The second-order valence-corrected chi connectivity index (χ2v) is 6.56. The Labute approximate surface area is 160 Å². The first kappa shape index (κ1) is 19.0. The van der Waals surface area contributed by atoms with Crippen LogP contribution in [0, 0.1) is 10.1 Å². The standard InChI is InChI=1S/C20H17N3O5/c1-12(2)14-6-8-15(9-7-14)22-19(25)17(18(24)21-20(22)26)11-13-4-3-5-16(10-13)23(27)28/h3-12H,1-2H3,(H,21,24,26)/b17-11+. The molecule has 0 aliphatic carbocycles. The van der Waals surface area contributed by atoms with Crippen LogP contribution in [0.15, 0.2) is 54.1 Å². The van der Waals surface area contributed by atoms with E-state index < -0.39 is 22.8 Å². The van der Waals surface area contributed by atoms with Crippen LogP contribution in [0.25, 0.3) is 6.08 Å². The number of hydrogen-bond donors (Lipinski definition) is 1. The molecule has 1 aliphatic heterocycles. The molecule has 0 saturated carbocycles. The number of imide groups is 2. The Morgan fingerprint density at radius 1 is 1.07 bits per heavy atom. The number of rotatable bonds is 4. The smallest absolute Gasteiger partial charge is 0.273 e. The molecular weight excluding hydrogens is 362 g/mol. The monoisotopic (exact) mass is 379 g/mol. The third-order valence-electron chi connectivity index (χ3n) is 4.31. The highest BCUT2D eigenvalue weighted by Gasteiger charge is 2.36. The van der Waals surface area contributed by atoms with Gasteiger partial charge in [0.25, 0.3) is 17.5 Å². The lowest BCUT2D eigenvalue weighted by molar-refractivity contribution is -0.384. The van der Waals surface area contributed by atoms with E-state index >= 15 is 0 Å². The fourth-order valence-electron chi connectivity index (χ4n) is 2.80.